The highest BCUT2D eigenvalue weighted by Crippen LogP contribution is 2.45. The average molecular weight is 2040 g/mol. The largest absolute Gasteiger partial charge is 0.296 e. The number of nitrogens with zero attached hydrogens (tertiary/aromatic N) is 12. The second kappa shape index (κ2) is 48.3. The normalized spacial score (nSPS) is 22.1. The molecular weight excluding hydrogens is 1900 g/mol. The van der Waals surface area contributed by atoms with Gasteiger partial charge in [-0.25, -0.2) is 106 Å². The van der Waals surface area contributed by atoms with Crippen LogP contribution >= 0.6 is 0 Å². The van der Waals surface area contributed by atoms with Crippen molar-refractivity contribution in [1.82, 2.24) is 104 Å². The first kappa shape index (κ1) is 107. The molecule has 16 aliphatic heterocycles. The first-order valence-corrected chi connectivity index (χ1v) is 51.0. The highest BCUT2D eigenvalue weighted by Gasteiger charge is 2.42. The SMILES string of the molecule is CN1Cc2cc(C(=O)NO)cc(F)c2[C@@H]2CCCN21.CN1Cc2cc(C(=O)NO)cc(F)c2[C@H]2CCCN21.O=C(NO)c1cc(F)c2c(c1)CN1CCCCN1C2.O=C(NO)c1cc(F)c2c(c1)CN1CCC[C@@H]1C2.O=C(NO)c1cc(F)c2c(c1)CN1CCC[C@H]1C2.O=C(NO)c1ccc2c(c1)CN1CCCCN1C2.O=C(NO)c1ccc2c(c1)CN1CCCC[C@@H]1C2.O=C(NO)c1ccc2c(c1)CN1CCCC[C@H]1C2. The molecular formula is C106H131F5N20O16. The number of rotatable bonds is 8. The van der Waals surface area contributed by atoms with Crippen molar-refractivity contribution in [3.8, 4) is 0 Å². The molecule has 8 aromatic carbocycles. The molecule has 6 atom stereocenters. The Bertz CT molecular complexity index is 5820. The molecule has 0 bridgehead atoms. The van der Waals surface area contributed by atoms with Crippen molar-refractivity contribution in [1.29, 1.82) is 0 Å². The number of hydrogen-bond donors (Lipinski definition) is 16. The minimum atomic E-state index is -0.682. The van der Waals surface area contributed by atoms with E-state index in [1.807, 2.05) is 50.5 Å². The van der Waals surface area contributed by atoms with Crippen LogP contribution in [0.5, 0.6) is 0 Å². The maximum Gasteiger partial charge on any atom is 0.274 e. The fourth-order valence-corrected chi connectivity index (χ4v) is 24.3. The number of carbonyl (C=O) groups is 8. The van der Waals surface area contributed by atoms with Crippen LogP contribution in [0, 0.1) is 29.1 Å². The van der Waals surface area contributed by atoms with Crippen LogP contribution < -0.4 is 43.8 Å². The summed E-state index contributed by atoms with van der Waals surface area (Å²) in [4.78, 5) is 101. The fraction of sp³-hybridized carbons (Fsp3) is 0.472. The number of fused-ring (bicyclic) bond motifs is 18. The third kappa shape index (κ3) is 24.3. The van der Waals surface area contributed by atoms with E-state index in [4.69, 9.17) is 41.7 Å². The summed E-state index contributed by atoms with van der Waals surface area (Å²) >= 11 is 0. The van der Waals surface area contributed by atoms with E-state index < -0.39 is 47.3 Å². The second-order valence-corrected chi connectivity index (χ2v) is 40.7. The fourth-order valence-electron chi connectivity index (χ4n) is 24.3. The Morgan fingerprint density at radius 3 is 0.864 bits per heavy atom. The summed E-state index contributed by atoms with van der Waals surface area (Å²) in [6.45, 7) is 17.8. The predicted molar refractivity (Wildman–Crippen MR) is 524 cm³/mol. The van der Waals surface area contributed by atoms with Crippen molar-refractivity contribution in [3.63, 3.8) is 0 Å². The van der Waals surface area contributed by atoms with Crippen molar-refractivity contribution in [2.24, 2.45) is 0 Å². The van der Waals surface area contributed by atoms with Crippen molar-refractivity contribution >= 4 is 47.3 Å². The minimum Gasteiger partial charge on any atom is -0.296 e. The lowest BCUT2D eigenvalue weighted by Crippen LogP contribution is -2.49. The molecule has 0 aromatic heterocycles. The molecule has 16 heterocycles. The van der Waals surface area contributed by atoms with Crippen LogP contribution in [0.3, 0.4) is 0 Å². The number of carbonyl (C=O) groups excluding carboxylic acids is 8. The van der Waals surface area contributed by atoms with Gasteiger partial charge in [-0.3, -0.25) is 99.6 Å². The maximum absolute atomic E-state index is 14.3. The summed E-state index contributed by atoms with van der Waals surface area (Å²) in [6, 6.07) is 33.9. The monoisotopic (exact) mass is 2030 g/mol. The maximum atomic E-state index is 14.3. The summed E-state index contributed by atoms with van der Waals surface area (Å²) in [5, 5.41) is 86.7. The highest BCUT2D eigenvalue weighted by atomic mass is 19.1. The number of benzene rings is 8. The molecule has 36 nitrogen and oxygen atoms in total. The Hall–Kier alpha value is -11.6. The highest BCUT2D eigenvalue weighted by molar-refractivity contribution is 5.97. The van der Waals surface area contributed by atoms with Crippen LogP contribution in [-0.2, 0) is 91.1 Å². The number of hydroxylamine groups is 8. The second-order valence-electron chi connectivity index (χ2n) is 40.7. The molecule has 41 heteroatoms. The third-order valence-corrected chi connectivity index (χ3v) is 31.8. The molecule has 8 amide bonds. The minimum absolute atomic E-state index is 0.0694. The van der Waals surface area contributed by atoms with Crippen LogP contribution in [0.4, 0.5) is 22.0 Å². The van der Waals surface area contributed by atoms with E-state index in [0.29, 0.717) is 96.8 Å². The van der Waals surface area contributed by atoms with E-state index in [1.165, 1.54) is 128 Å². The van der Waals surface area contributed by atoms with Gasteiger partial charge in [0.15, 0.2) is 0 Å². The quantitative estimate of drug-likeness (QED) is 0.0382. The molecule has 0 saturated carbocycles. The molecule has 0 spiro atoms. The number of amides is 8. The third-order valence-electron chi connectivity index (χ3n) is 31.8. The predicted octanol–water partition coefficient (Wildman–Crippen LogP) is 11.6. The topological polar surface area (TPSA) is 434 Å². The van der Waals surface area contributed by atoms with Crippen LogP contribution in [0.15, 0.2) is 115 Å². The molecule has 16 N–H and O–H groups in total. The zero-order valence-electron chi connectivity index (χ0n) is 82.7. The molecule has 0 radical (unpaired) electrons. The van der Waals surface area contributed by atoms with Gasteiger partial charge in [0.25, 0.3) is 47.3 Å². The van der Waals surface area contributed by atoms with Gasteiger partial charge in [0.2, 0.25) is 0 Å². The van der Waals surface area contributed by atoms with Gasteiger partial charge < -0.3 is 0 Å². The summed E-state index contributed by atoms with van der Waals surface area (Å²) < 4.78 is 70.7. The number of hydrogen-bond acceptors (Lipinski definition) is 28. The van der Waals surface area contributed by atoms with Gasteiger partial charge in [-0.1, -0.05) is 31.0 Å². The van der Waals surface area contributed by atoms with Gasteiger partial charge in [0, 0.05) is 204 Å². The van der Waals surface area contributed by atoms with Gasteiger partial charge in [-0.15, -0.1) is 0 Å². The summed E-state index contributed by atoms with van der Waals surface area (Å²) in [6.07, 6.45) is 24.7. The van der Waals surface area contributed by atoms with Gasteiger partial charge in [0.1, 0.15) is 29.1 Å². The molecule has 0 unspecified atom stereocenters. The Morgan fingerprint density at radius 2 is 0.497 bits per heavy atom. The first-order chi connectivity index (χ1) is 71.1. The van der Waals surface area contributed by atoms with Crippen LogP contribution in [0.1, 0.15) is 300 Å². The van der Waals surface area contributed by atoms with Crippen molar-refractivity contribution in [2.75, 3.05) is 79.5 Å². The van der Waals surface area contributed by atoms with Crippen LogP contribution in [-0.4, -0.2) is 252 Å². The Kier molecular flexibility index (Phi) is 35.1. The summed E-state index contributed by atoms with van der Waals surface area (Å²) in [5.74, 6) is -6.45. The first-order valence-electron chi connectivity index (χ1n) is 51.0. The Labute approximate surface area is 848 Å². The number of halogens is 5. The van der Waals surface area contributed by atoms with Crippen molar-refractivity contribution in [2.45, 2.75) is 243 Å². The molecule has 24 rings (SSSR count). The number of nitrogens with one attached hydrogen (secondary N) is 8. The molecule has 8 aromatic rings. The average Bonchev–Trinajstić information content (AvgIpc) is 1.65. The molecule has 147 heavy (non-hydrogen) atoms. The summed E-state index contributed by atoms with van der Waals surface area (Å²) in [7, 11) is 3.94. The molecule has 8 fully saturated rings. The van der Waals surface area contributed by atoms with Crippen molar-refractivity contribution in [3.05, 3.63) is 278 Å². The lowest BCUT2D eigenvalue weighted by Gasteiger charge is -2.42. The van der Waals surface area contributed by atoms with E-state index in [9.17, 15) is 60.3 Å². The molecule has 8 saturated heterocycles. The lowest BCUT2D eigenvalue weighted by atomic mass is 9.88. The van der Waals surface area contributed by atoms with Gasteiger partial charge in [-0.2, -0.15) is 0 Å². The van der Waals surface area contributed by atoms with E-state index in [1.54, 1.807) is 92.4 Å². The molecule has 0 aliphatic carbocycles. The van der Waals surface area contributed by atoms with Crippen molar-refractivity contribution < 1.29 is 102 Å². The molecule has 16 aliphatic rings. The Morgan fingerprint density at radius 1 is 0.238 bits per heavy atom. The van der Waals surface area contributed by atoms with Crippen LogP contribution in [0.25, 0.3) is 0 Å². The summed E-state index contributed by atoms with van der Waals surface area (Å²) in [5.41, 5.74) is 30.5. The van der Waals surface area contributed by atoms with Crippen LogP contribution in [0.2, 0.25) is 0 Å². The van der Waals surface area contributed by atoms with Gasteiger partial charge in [-0.05, 0) is 324 Å². The van der Waals surface area contributed by atoms with E-state index in [-0.39, 0.29) is 69.0 Å². The zero-order chi connectivity index (χ0) is 104. The van der Waals surface area contributed by atoms with E-state index in [0.717, 1.165) is 207 Å². The molecule has 786 valence electrons. The lowest BCUT2D eigenvalue weighted by molar-refractivity contribution is -0.0762. The van der Waals surface area contributed by atoms with Gasteiger partial charge >= 0.3 is 0 Å². The number of hydrazine groups is 4. The number of piperidine rings is 2. The smallest absolute Gasteiger partial charge is 0.274 e. The standard InChI is InChI=1S/2C14H18N2O2.3C13H16FN3O2.2C13H15FN2O2.C13H17N3O2/c2*17-14(15-18)11-5-4-10-8-13-3-1-2-6-16(13)9-12(10)7-11;2*1-16-7-9-5-8(13(18)15-19)6-10(14)12(9)11-3-2-4-17(11)16;14-12-6-9(13(18)15-19)5-10-7-16-3-1-2-4-17(16)8-11(10)12;2*14-12-5-8(13(17)15-18)4-9-7-16-3-1-2-10(16)6-11(9)12;17-13(14-18)10-3-4-11-8-15-5-1-2-6-16(15)9-12(11)7-10/h2*4-5,7,13,18H,1-3,6,8-9H2,(H,15,17);2*5-6,11,19H,2-4,7H2,1H3,(H,15,18);5-6,19H,1-4,7-8H2,(H,15,18);2*4-5,10,18H,1-3,6-7H2,(H,15,17);3-4,7,18H,1-2,5-6,8-9H2,(H,14,17)/t2*13-;2*11-;;2*10-;/m1010.10./s1. The van der Waals surface area contributed by atoms with E-state index >= 15 is 0 Å². The Balaban J connectivity index is 0.000000115. The van der Waals surface area contributed by atoms with E-state index in [2.05, 4.69) is 59.7 Å². The van der Waals surface area contributed by atoms with Gasteiger partial charge in [0.05, 0.1) is 12.1 Å². The zero-order valence-corrected chi connectivity index (χ0v) is 82.7.